The number of carbonyl (C=O) groups is 1. The molecule has 0 aliphatic rings. The van der Waals surface area contributed by atoms with Crippen molar-refractivity contribution in [3.8, 4) is 17.4 Å². The fourth-order valence-electron chi connectivity index (χ4n) is 2.88. The minimum absolute atomic E-state index is 0.142. The lowest BCUT2D eigenvalue weighted by atomic mass is 10.2. The molecule has 0 aliphatic heterocycles. The molecule has 0 atom stereocenters. The first-order chi connectivity index (χ1) is 15.7. The first-order valence-electron chi connectivity index (χ1n) is 9.50. The molecule has 0 spiro atoms. The molecule has 1 aromatic carbocycles. The average molecular weight is 457 g/mol. The first-order valence-corrected chi connectivity index (χ1v) is 9.50. The molecule has 0 radical (unpaired) electrons. The second kappa shape index (κ2) is 8.69. The highest BCUT2D eigenvalue weighted by molar-refractivity contribution is 6.04. The van der Waals surface area contributed by atoms with Crippen molar-refractivity contribution in [1.82, 2.24) is 19.7 Å². The molecule has 0 aliphatic carbocycles. The lowest BCUT2D eigenvalue weighted by Crippen LogP contribution is -2.13. The Balaban J connectivity index is 1.44. The van der Waals surface area contributed by atoms with Gasteiger partial charge >= 0.3 is 6.18 Å². The molecule has 0 saturated carbocycles. The highest BCUT2D eigenvalue weighted by Crippen LogP contribution is 2.29. The number of rotatable bonds is 5. The van der Waals surface area contributed by atoms with Crippen LogP contribution < -0.4 is 10.1 Å². The highest BCUT2D eigenvalue weighted by Gasteiger charge is 2.30. The van der Waals surface area contributed by atoms with E-state index in [4.69, 9.17) is 4.74 Å². The minimum Gasteiger partial charge on any atom is -0.439 e. The molecule has 1 N–H and O–H groups in total. The van der Waals surface area contributed by atoms with Crippen molar-refractivity contribution >= 4 is 11.6 Å². The quantitative estimate of drug-likeness (QED) is 0.418. The molecule has 168 valence electrons. The average Bonchev–Trinajstić information content (AvgIpc) is 3.17. The van der Waals surface area contributed by atoms with Gasteiger partial charge in [0.1, 0.15) is 11.6 Å². The van der Waals surface area contributed by atoms with Gasteiger partial charge in [-0.3, -0.25) is 4.79 Å². The number of aromatic nitrogens is 4. The van der Waals surface area contributed by atoms with E-state index in [-0.39, 0.29) is 23.1 Å². The van der Waals surface area contributed by atoms with E-state index in [1.54, 1.807) is 13.0 Å². The van der Waals surface area contributed by atoms with E-state index in [2.05, 4.69) is 20.4 Å². The van der Waals surface area contributed by atoms with Crippen LogP contribution in [-0.4, -0.2) is 25.7 Å². The summed E-state index contributed by atoms with van der Waals surface area (Å²) in [6.45, 7) is 1.60. The maximum atomic E-state index is 13.0. The SMILES string of the molecule is Cc1c(C(=O)Nc2ccc(Oc3ccc(F)cc3)nc2)cnn1-c1ccc(C(F)(F)F)cn1. The predicted molar refractivity (Wildman–Crippen MR) is 110 cm³/mol. The number of ether oxygens (including phenoxy) is 1. The van der Waals surface area contributed by atoms with Crippen molar-refractivity contribution in [2.24, 2.45) is 0 Å². The Hall–Kier alpha value is -4.28. The molecule has 3 heterocycles. The molecule has 3 aromatic heterocycles. The third kappa shape index (κ3) is 4.97. The van der Waals surface area contributed by atoms with Crippen LogP contribution in [0.4, 0.5) is 23.2 Å². The molecule has 1 amide bonds. The molecular formula is C22H15F4N5O2. The Morgan fingerprint density at radius 1 is 0.970 bits per heavy atom. The molecule has 4 aromatic rings. The van der Waals surface area contributed by atoms with E-state index in [0.717, 1.165) is 6.07 Å². The normalized spacial score (nSPS) is 11.3. The van der Waals surface area contributed by atoms with Crippen molar-refractivity contribution in [2.75, 3.05) is 5.32 Å². The zero-order valence-electron chi connectivity index (χ0n) is 17.0. The van der Waals surface area contributed by atoms with Crippen LogP contribution in [0.3, 0.4) is 0 Å². The second-order valence-electron chi connectivity index (χ2n) is 6.85. The monoisotopic (exact) mass is 457 g/mol. The van der Waals surface area contributed by atoms with Gasteiger partial charge in [0, 0.05) is 12.3 Å². The Morgan fingerprint density at radius 2 is 1.73 bits per heavy atom. The van der Waals surface area contributed by atoms with Crippen LogP contribution in [0, 0.1) is 12.7 Å². The van der Waals surface area contributed by atoms with Crippen LogP contribution in [0.2, 0.25) is 0 Å². The van der Waals surface area contributed by atoms with Crippen molar-refractivity contribution in [1.29, 1.82) is 0 Å². The van der Waals surface area contributed by atoms with Gasteiger partial charge in [-0.05, 0) is 49.4 Å². The molecule has 0 unspecified atom stereocenters. The number of hydrogen-bond donors (Lipinski definition) is 1. The van der Waals surface area contributed by atoms with Gasteiger partial charge in [0.15, 0.2) is 5.82 Å². The Bertz CT molecular complexity index is 1270. The molecule has 11 heteroatoms. The number of nitrogens with one attached hydrogen (secondary N) is 1. The largest absolute Gasteiger partial charge is 0.439 e. The smallest absolute Gasteiger partial charge is 0.417 e. The molecule has 33 heavy (non-hydrogen) atoms. The molecule has 7 nitrogen and oxygen atoms in total. The summed E-state index contributed by atoms with van der Waals surface area (Å²) in [6.07, 6.45) is -1.11. The molecule has 0 bridgehead atoms. The van der Waals surface area contributed by atoms with Gasteiger partial charge in [0.05, 0.1) is 34.9 Å². The highest BCUT2D eigenvalue weighted by atomic mass is 19.4. The summed E-state index contributed by atoms with van der Waals surface area (Å²) in [5.74, 6) is -0.0816. The number of nitrogens with zero attached hydrogens (tertiary/aromatic N) is 4. The van der Waals surface area contributed by atoms with Gasteiger partial charge in [-0.2, -0.15) is 18.3 Å². The Kier molecular flexibility index (Phi) is 5.78. The maximum absolute atomic E-state index is 13.0. The van der Waals surface area contributed by atoms with Gasteiger partial charge < -0.3 is 10.1 Å². The zero-order chi connectivity index (χ0) is 23.6. The summed E-state index contributed by atoms with van der Waals surface area (Å²) in [6, 6.07) is 10.6. The lowest BCUT2D eigenvalue weighted by molar-refractivity contribution is -0.137. The number of alkyl halides is 3. The fourth-order valence-corrected chi connectivity index (χ4v) is 2.88. The maximum Gasteiger partial charge on any atom is 0.417 e. The topological polar surface area (TPSA) is 81.9 Å². The van der Waals surface area contributed by atoms with Gasteiger partial charge in [-0.15, -0.1) is 0 Å². The van der Waals surface area contributed by atoms with Gasteiger partial charge in [-0.25, -0.2) is 19.0 Å². The number of benzene rings is 1. The van der Waals surface area contributed by atoms with Crippen molar-refractivity contribution in [3.05, 3.63) is 89.8 Å². The van der Waals surface area contributed by atoms with Gasteiger partial charge in [-0.1, -0.05) is 0 Å². The number of pyridine rings is 2. The van der Waals surface area contributed by atoms with Crippen molar-refractivity contribution in [3.63, 3.8) is 0 Å². The summed E-state index contributed by atoms with van der Waals surface area (Å²) < 4.78 is 57.9. The van der Waals surface area contributed by atoms with E-state index >= 15 is 0 Å². The zero-order valence-corrected chi connectivity index (χ0v) is 17.0. The molecule has 4 rings (SSSR count). The van der Waals surface area contributed by atoms with E-state index in [0.29, 0.717) is 23.3 Å². The van der Waals surface area contributed by atoms with Crippen LogP contribution in [0.1, 0.15) is 21.6 Å². The number of amides is 1. The third-order valence-electron chi connectivity index (χ3n) is 4.58. The summed E-state index contributed by atoms with van der Waals surface area (Å²) in [5.41, 5.74) is 0.104. The van der Waals surface area contributed by atoms with Crippen LogP contribution >= 0.6 is 0 Å². The first kappa shape index (κ1) is 21.9. The summed E-state index contributed by atoms with van der Waals surface area (Å²) in [4.78, 5) is 20.5. The molecule has 0 saturated heterocycles. The standard InChI is InChI=1S/C22H15F4N5O2/c1-13-18(12-29-31(13)19-8-2-14(10-27-19)22(24,25)26)21(32)30-16-5-9-20(28-11-16)33-17-6-3-15(23)4-7-17/h2-12H,1H3,(H,30,32). The van der Waals surface area contributed by atoms with Gasteiger partial charge in [0.25, 0.3) is 5.91 Å². The van der Waals surface area contributed by atoms with Crippen LogP contribution in [0.5, 0.6) is 11.6 Å². The fraction of sp³-hybridized carbons (Fsp3) is 0.0909. The summed E-state index contributed by atoms with van der Waals surface area (Å²) in [5, 5.41) is 6.72. The van der Waals surface area contributed by atoms with Crippen LogP contribution in [-0.2, 0) is 6.18 Å². The number of carbonyl (C=O) groups excluding carboxylic acids is 1. The molecule has 0 fully saturated rings. The van der Waals surface area contributed by atoms with Gasteiger partial charge in [0.2, 0.25) is 5.88 Å². The number of halogens is 4. The lowest BCUT2D eigenvalue weighted by Gasteiger charge is -2.09. The van der Waals surface area contributed by atoms with E-state index in [1.807, 2.05) is 0 Å². The summed E-state index contributed by atoms with van der Waals surface area (Å²) >= 11 is 0. The summed E-state index contributed by atoms with van der Waals surface area (Å²) in [7, 11) is 0. The van der Waals surface area contributed by atoms with E-state index in [1.165, 1.54) is 53.5 Å². The van der Waals surface area contributed by atoms with E-state index < -0.39 is 17.6 Å². The third-order valence-corrected chi connectivity index (χ3v) is 4.58. The van der Waals surface area contributed by atoms with E-state index in [9.17, 15) is 22.4 Å². The Labute approximate surface area is 184 Å². The minimum atomic E-state index is -4.50. The second-order valence-corrected chi connectivity index (χ2v) is 6.85. The number of hydrogen-bond acceptors (Lipinski definition) is 5. The van der Waals surface area contributed by atoms with Crippen molar-refractivity contribution < 1.29 is 27.1 Å². The van der Waals surface area contributed by atoms with Crippen LogP contribution in [0.15, 0.2) is 67.1 Å². The predicted octanol–water partition coefficient (Wildman–Crippen LogP) is 5.17. The van der Waals surface area contributed by atoms with Crippen LogP contribution in [0.25, 0.3) is 5.82 Å². The van der Waals surface area contributed by atoms with Crippen molar-refractivity contribution in [2.45, 2.75) is 13.1 Å². The molecular weight excluding hydrogens is 442 g/mol. The Morgan fingerprint density at radius 3 is 2.33 bits per heavy atom. The number of anilines is 1.